The van der Waals surface area contributed by atoms with Crippen molar-refractivity contribution >= 4 is 29.4 Å². The number of halogens is 1. The maximum atomic E-state index is 4.60. The van der Waals surface area contributed by atoms with Gasteiger partial charge in [0.05, 0.1) is 11.0 Å². The molecule has 1 atom stereocenters. The van der Waals surface area contributed by atoms with Gasteiger partial charge in [-0.3, -0.25) is 0 Å². The zero-order valence-electron chi connectivity index (χ0n) is 9.81. The molecule has 0 amide bonds. The van der Waals surface area contributed by atoms with Crippen LogP contribution in [-0.4, -0.2) is 36.1 Å². The fraction of sp³-hybridized carbons (Fsp3) is 0.417. The van der Waals surface area contributed by atoms with Gasteiger partial charge in [0.15, 0.2) is 0 Å². The van der Waals surface area contributed by atoms with E-state index in [0.29, 0.717) is 6.04 Å². The Labute approximate surface area is 107 Å². The Balaban J connectivity index is 0.00000108. The summed E-state index contributed by atoms with van der Waals surface area (Å²) in [6, 6.07) is 8.70. The summed E-state index contributed by atoms with van der Waals surface area (Å²) in [6.45, 7) is 2.16. The van der Waals surface area contributed by atoms with Gasteiger partial charge in [-0.15, -0.1) is 12.4 Å². The number of rotatable bonds is 2. The second-order valence-corrected chi connectivity index (χ2v) is 4.34. The Morgan fingerprint density at radius 1 is 1.35 bits per heavy atom. The van der Waals surface area contributed by atoms with Crippen LogP contribution in [0.1, 0.15) is 6.42 Å². The number of para-hydroxylation sites is 2. The van der Waals surface area contributed by atoms with Crippen LogP contribution in [0, 0.1) is 0 Å². The first kappa shape index (κ1) is 12.2. The van der Waals surface area contributed by atoms with E-state index in [4.69, 9.17) is 0 Å². The van der Waals surface area contributed by atoms with Crippen LogP contribution < -0.4 is 10.2 Å². The molecule has 1 aliphatic rings. The molecule has 2 heterocycles. The van der Waals surface area contributed by atoms with Gasteiger partial charge in [-0.1, -0.05) is 12.1 Å². The van der Waals surface area contributed by atoms with Gasteiger partial charge in [0.25, 0.3) is 0 Å². The average Bonchev–Trinajstić information content (AvgIpc) is 2.97. The third-order valence-corrected chi connectivity index (χ3v) is 3.29. The molecule has 92 valence electrons. The fourth-order valence-electron chi connectivity index (χ4n) is 2.25. The monoisotopic (exact) mass is 252 g/mol. The third-order valence-electron chi connectivity index (χ3n) is 3.29. The highest BCUT2D eigenvalue weighted by atomic mass is 35.5. The molecule has 1 aliphatic heterocycles. The molecule has 1 aromatic carbocycles. The number of H-pyrrole nitrogens is 1. The lowest BCUT2D eigenvalue weighted by atomic mass is 10.2. The minimum absolute atomic E-state index is 0. The highest BCUT2D eigenvalue weighted by molar-refractivity contribution is 5.85. The van der Waals surface area contributed by atoms with E-state index in [1.165, 1.54) is 6.42 Å². The topological polar surface area (TPSA) is 44.0 Å². The van der Waals surface area contributed by atoms with Crippen LogP contribution in [0.5, 0.6) is 0 Å². The molecule has 17 heavy (non-hydrogen) atoms. The molecule has 0 bridgehead atoms. The smallest absolute Gasteiger partial charge is 0.203 e. The number of imidazole rings is 1. The first-order chi connectivity index (χ1) is 7.84. The molecule has 0 aliphatic carbocycles. The first-order valence-electron chi connectivity index (χ1n) is 5.73. The van der Waals surface area contributed by atoms with Crippen molar-refractivity contribution in [3.63, 3.8) is 0 Å². The highest BCUT2D eigenvalue weighted by Gasteiger charge is 2.21. The summed E-state index contributed by atoms with van der Waals surface area (Å²) in [5.74, 6) is 0.968. The van der Waals surface area contributed by atoms with E-state index < -0.39 is 0 Å². The molecule has 2 N–H and O–H groups in total. The Morgan fingerprint density at radius 3 is 2.88 bits per heavy atom. The van der Waals surface area contributed by atoms with E-state index in [-0.39, 0.29) is 12.4 Å². The van der Waals surface area contributed by atoms with E-state index in [0.717, 1.165) is 30.1 Å². The Morgan fingerprint density at radius 2 is 2.18 bits per heavy atom. The van der Waals surface area contributed by atoms with Crippen molar-refractivity contribution in [2.75, 3.05) is 25.0 Å². The van der Waals surface area contributed by atoms with Gasteiger partial charge >= 0.3 is 0 Å². The molecule has 1 aromatic heterocycles. The Bertz CT molecular complexity index is 457. The van der Waals surface area contributed by atoms with Crippen LogP contribution in [0.4, 0.5) is 5.95 Å². The van der Waals surface area contributed by atoms with Crippen LogP contribution in [0.2, 0.25) is 0 Å². The zero-order valence-corrected chi connectivity index (χ0v) is 10.6. The summed E-state index contributed by atoms with van der Waals surface area (Å²) in [5.41, 5.74) is 2.14. The van der Waals surface area contributed by atoms with E-state index in [2.05, 4.69) is 33.3 Å². The van der Waals surface area contributed by atoms with Gasteiger partial charge in [-0.05, 0) is 25.1 Å². The standard InChI is InChI=1S/C12H16N4.ClH/c1-16(9-6-7-13-8-9)12-14-10-4-2-3-5-11(10)15-12;/h2-5,9,13H,6-8H2,1H3,(H,14,15);1H/t9-;/m0./s1. The van der Waals surface area contributed by atoms with Crippen molar-refractivity contribution in [1.82, 2.24) is 15.3 Å². The lowest BCUT2D eigenvalue weighted by Crippen LogP contribution is -2.34. The normalized spacial score (nSPS) is 19.2. The van der Waals surface area contributed by atoms with Crippen molar-refractivity contribution in [3.8, 4) is 0 Å². The number of nitrogens with zero attached hydrogens (tertiary/aromatic N) is 2. The number of hydrogen-bond donors (Lipinski definition) is 2. The number of benzene rings is 1. The predicted molar refractivity (Wildman–Crippen MR) is 73.0 cm³/mol. The number of hydrogen-bond acceptors (Lipinski definition) is 3. The molecule has 3 rings (SSSR count). The van der Waals surface area contributed by atoms with Crippen molar-refractivity contribution in [2.24, 2.45) is 0 Å². The zero-order chi connectivity index (χ0) is 11.0. The predicted octanol–water partition coefficient (Wildman–Crippen LogP) is 1.78. The Kier molecular flexibility index (Phi) is 3.54. The van der Waals surface area contributed by atoms with Crippen LogP contribution in [0.25, 0.3) is 11.0 Å². The molecule has 2 aromatic rings. The van der Waals surface area contributed by atoms with E-state index >= 15 is 0 Å². The minimum Gasteiger partial charge on any atom is -0.341 e. The summed E-state index contributed by atoms with van der Waals surface area (Å²) in [6.07, 6.45) is 1.19. The summed E-state index contributed by atoms with van der Waals surface area (Å²) in [5, 5.41) is 3.37. The number of fused-ring (bicyclic) bond motifs is 1. The number of anilines is 1. The molecular weight excluding hydrogens is 236 g/mol. The number of aromatic amines is 1. The molecule has 0 saturated carbocycles. The van der Waals surface area contributed by atoms with Crippen LogP contribution in [0.3, 0.4) is 0 Å². The second-order valence-electron chi connectivity index (χ2n) is 4.34. The van der Waals surface area contributed by atoms with Gasteiger partial charge in [0.2, 0.25) is 5.95 Å². The summed E-state index contributed by atoms with van der Waals surface area (Å²) in [7, 11) is 2.11. The van der Waals surface area contributed by atoms with E-state index in [9.17, 15) is 0 Å². The largest absolute Gasteiger partial charge is 0.341 e. The maximum absolute atomic E-state index is 4.60. The quantitative estimate of drug-likeness (QED) is 0.857. The van der Waals surface area contributed by atoms with Gasteiger partial charge < -0.3 is 15.2 Å². The van der Waals surface area contributed by atoms with Crippen molar-refractivity contribution in [3.05, 3.63) is 24.3 Å². The highest BCUT2D eigenvalue weighted by Crippen LogP contribution is 2.19. The van der Waals surface area contributed by atoms with E-state index in [1.54, 1.807) is 0 Å². The second kappa shape index (κ2) is 4.94. The molecule has 0 unspecified atom stereocenters. The molecule has 0 radical (unpaired) electrons. The molecule has 1 saturated heterocycles. The SMILES string of the molecule is CN(c1nc2ccccc2[nH]1)[C@H]1CCNC1.Cl. The van der Waals surface area contributed by atoms with Gasteiger partial charge in [0, 0.05) is 19.6 Å². The van der Waals surface area contributed by atoms with Crippen LogP contribution in [-0.2, 0) is 0 Å². The molecular formula is C12H17ClN4. The lowest BCUT2D eigenvalue weighted by Gasteiger charge is -2.22. The molecule has 0 spiro atoms. The van der Waals surface area contributed by atoms with Gasteiger partial charge in [-0.25, -0.2) is 4.98 Å². The summed E-state index contributed by atoms with van der Waals surface area (Å²) >= 11 is 0. The van der Waals surface area contributed by atoms with Crippen LogP contribution >= 0.6 is 12.4 Å². The molecule has 4 nitrogen and oxygen atoms in total. The number of nitrogens with one attached hydrogen (secondary N) is 2. The average molecular weight is 253 g/mol. The minimum atomic E-state index is 0. The van der Waals surface area contributed by atoms with Crippen molar-refractivity contribution < 1.29 is 0 Å². The van der Waals surface area contributed by atoms with Gasteiger partial charge in [0.1, 0.15) is 0 Å². The van der Waals surface area contributed by atoms with Crippen molar-refractivity contribution in [1.29, 1.82) is 0 Å². The van der Waals surface area contributed by atoms with Crippen LogP contribution in [0.15, 0.2) is 24.3 Å². The lowest BCUT2D eigenvalue weighted by molar-refractivity contribution is 0.672. The number of aromatic nitrogens is 2. The summed E-state index contributed by atoms with van der Waals surface area (Å²) < 4.78 is 0. The van der Waals surface area contributed by atoms with E-state index in [1.807, 2.05) is 18.2 Å². The molecule has 1 fully saturated rings. The van der Waals surface area contributed by atoms with Gasteiger partial charge in [-0.2, -0.15) is 0 Å². The Hall–Kier alpha value is -1.26. The first-order valence-corrected chi connectivity index (χ1v) is 5.73. The third kappa shape index (κ3) is 2.23. The van der Waals surface area contributed by atoms with Crippen molar-refractivity contribution in [2.45, 2.75) is 12.5 Å². The maximum Gasteiger partial charge on any atom is 0.203 e. The number of likely N-dealkylation sites (N-methyl/N-ethyl adjacent to an activating group) is 1. The molecule has 5 heteroatoms. The fourth-order valence-corrected chi connectivity index (χ4v) is 2.25. The summed E-state index contributed by atoms with van der Waals surface area (Å²) in [4.78, 5) is 10.2.